The summed E-state index contributed by atoms with van der Waals surface area (Å²) in [5, 5.41) is 16.4. The first-order valence-electron chi connectivity index (χ1n) is 11.8. The molecule has 0 aliphatic heterocycles. The molecule has 8 nitrogen and oxygen atoms in total. The molecule has 0 aliphatic carbocycles. The molecular formula is C28H23FN6O2S. The molecule has 0 saturated heterocycles. The van der Waals surface area contributed by atoms with E-state index in [1.165, 1.54) is 6.07 Å². The molecule has 38 heavy (non-hydrogen) atoms. The van der Waals surface area contributed by atoms with Crippen LogP contribution >= 0.6 is 11.3 Å². The minimum atomic E-state index is -0.371. The first kappa shape index (κ1) is 25.0. The maximum Gasteiger partial charge on any atom is 0.257 e. The first-order chi connectivity index (χ1) is 18.5. The summed E-state index contributed by atoms with van der Waals surface area (Å²) in [6, 6.07) is 21.6. The van der Waals surface area contributed by atoms with Gasteiger partial charge >= 0.3 is 0 Å². The number of hydrogen-bond donors (Lipinski definition) is 2. The van der Waals surface area contributed by atoms with Gasteiger partial charge in [-0.25, -0.2) is 9.82 Å². The van der Waals surface area contributed by atoms with Crippen LogP contribution in [0.4, 0.5) is 9.52 Å². The van der Waals surface area contributed by atoms with E-state index in [1.54, 1.807) is 36.5 Å². The highest BCUT2D eigenvalue weighted by Gasteiger charge is 2.13. The van der Waals surface area contributed by atoms with Gasteiger partial charge in [-0.1, -0.05) is 65.4 Å². The number of aryl methyl sites for hydroxylation is 1. The Kier molecular flexibility index (Phi) is 7.32. The normalized spacial score (nSPS) is 11.2. The number of rotatable bonds is 8. The zero-order valence-corrected chi connectivity index (χ0v) is 21.2. The van der Waals surface area contributed by atoms with Crippen molar-refractivity contribution in [3.63, 3.8) is 0 Å². The molecule has 0 aliphatic rings. The maximum atomic E-state index is 14.2. The number of carbonyl (C=O) groups is 2. The lowest BCUT2D eigenvalue weighted by atomic mass is 10.1. The predicted molar refractivity (Wildman–Crippen MR) is 146 cm³/mol. The number of nitrogens with one attached hydrogen (secondary N) is 2. The van der Waals surface area contributed by atoms with Crippen LogP contribution in [0.3, 0.4) is 0 Å². The van der Waals surface area contributed by atoms with Crippen LogP contribution < -0.4 is 10.7 Å². The summed E-state index contributed by atoms with van der Waals surface area (Å²) in [6.07, 6.45) is 3.40. The first-order valence-corrected chi connectivity index (χ1v) is 12.6. The summed E-state index contributed by atoms with van der Waals surface area (Å²) in [6.45, 7) is 2.31. The number of nitrogens with zero attached hydrogens (tertiary/aromatic N) is 4. The highest BCUT2D eigenvalue weighted by atomic mass is 32.1. The van der Waals surface area contributed by atoms with Gasteiger partial charge in [0.1, 0.15) is 10.8 Å². The Hall–Kier alpha value is -4.70. The molecule has 2 amide bonds. The molecule has 5 rings (SSSR count). The molecule has 10 heteroatoms. The maximum absolute atomic E-state index is 14.2. The summed E-state index contributed by atoms with van der Waals surface area (Å²) in [4.78, 5) is 24.8. The Bertz CT molecular complexity index is 1640. The second-order valence-electron chi connectivity index (χ2n) is 8.61. The fourth-order valence-electron chi connectivity index (χ4n) is 3.92. The molecule has 5 aromatic rings. The molecule has 0 atom stereocenters. The number of halogens is 1. The quantitative estimate of drug-likeness (QED) is 0.221. The van der Waals surface area contributed by atoms with Crippen LogP contribution in [0, 0.1) is 12.7 Å². The monoisotopic (exact) mass is 526 g/mol. The van der Waals surface area contributed by atoms with Crippen molar-refractivity contribution in [3.8, 4) is 0 Å². The summed E-state index contributed by atoms with van der Waals surface area (Å²) in [5.41, 5.74) is 6.37. The molecule has 0 spiro atoms. The van der Waals surface area contributed by atoms with Crippen molar-refractivity contribution in [1.29, 1.82) is 0 Å². The fraction of sp³-hybridized carbons (Fsp3) is 0.107. The molecule has 2 heterocycles. The van der Waals surface area contributed by atoms with E-state index in [-0.39, 0.29) is 24.1 Å². The topological polar surface area (TPSA) is 101 Å². The van der Waals surface area contributed by atoms with Crippen molar-refractivity contribution in [2.45, 2.75) is 19.9 Å². The number of carbonyl (C=O) groups excluding carboxylic acids is 2. The van der Waals surface area contributed by atoms with Gasteiger partial charge in [-0.05, 0) is 31.2 Å². The van der Waals surface area contributed by atoms with E-state index in [2.05, 4.69) is 26.0 Å². The van der Waals surface area contributed by atoms with Gasteiger partial charge in [0.2, 0.25) is 11.0 Å². The van der Waals surface area contributed by atoms with Gasteiger partial charge in [-0.2, -0.15) is 5.10 Å². The molecule has 0 fully saturated rings. The summed E-state index contributed by atoms with van der Waals surface area (Å²) >= 11 is 1.12. The van der Waals surface area contributed by atoms with Crippen LogP contribution in [0.5, 0.6) is 0 Å². The molecule has 2 aromatic heterocycles. The Balaban J connectivity index is 1.21. The van der Waals surface area contributed by atoms with Gasteiger partial charge in [0.05, 0.1) is 19.2 Å². The number of amides is 2. The highest BCUT2D eigenvalue weighted by molar-refractivity contribution is 7.15. The van der Waals surface area contributed by atoms with Crippen LogP contribution in [-0.4, -0.2) is 32.8 Å². The lowest BCUT2D eigenvalue weighted by Gasteiger charge is -2.06. The summed E-state index contributed by atoms with van der Waals surface area (Å²) in [5.74, 6) is -0.929. The van der Waals surface area contributed by atoms with Gasteiger partial charge in [0, 0.05) is 33.8 Å². The number of hydrogen-bond acceptors (Lipinski definition) is 6. The van der Waals surface area contributed by atoms with Crippen molar-refractivity contribution in [3.05, 3.63) is 112 Å². The minimum absolute atomic E-state index is 0.0372. The van der Waals surface area contributed by atoms with Crippen LogP contribution in [0.25, 0.3) is 10.9 Å². The van der Waals surface area contributed by atoms with Crippen molar-refractivity contribution in [1.82, 2.24) is 20.2 Å². The van der Waals surface area contributed by atoms with E-state index < -0.39 is 0 Å². The number of para-hydroxylation sites is 1. The van der Waals surface area contributed by atoms with E-state index in [0.29, 0.717) is 27.8 Å². The average molecular weight is 527 g/mol. The third kappa shape index (κ3) is 5.81. The zero-order valence-electron chi connectivity index (χ0n) is 20.4. The lowest BCUT2D eigenvalue weighted by Crippen LogP contribution is -2.19. The van der Waals surface area contributed by atoms with Crippen LogP contribution in [0.2, 0.25) is 0 Å². The number of fused-ring (bicyclic) bond motifs is 1. The summed E-state index contributed by atoms with van der Waals surface area (Å²) in [7, 11) is 0. The minimum Gasteiger partial charge on any atom is -0.342 e. The standard InChI is InChI=1S/C28H23FN6O2S/c1-18-10-12-19(13-11-18)27(37)31-28-34-33-26(38-28)14-25(36)32-30-15-21-17-35(24-9-5-3-7-22(21)24)16-20-6-2-4-8-23(20)29/h2-13,15,17H,14,16H2,1H3,(H,32,36)(H,31,34,37)/b30-15-. The molecule has 190 valence electrons. The van der Waals surface area contributed by atoms with Crippen LogP contribution in [0.1, 0.15) is 32.1 Å². The van der Waals surface area contributed by atoms with Crippen LogP contribution in [-0.2, 0) is 17.8 Å². The molecule has 3 aromatic carbocycles. The molecule has 0 bridgehead atoms. The number of anilines is 1. The van der Waals surface area contributed by atoms with E-state index >= 15 is 0 Å². The second kappa shape index (κ2) is 11.1. The second-order valence-corrected chi connectivity index (χ2v) is 9.67. The van der Waals surface area contributed by atoms with E-state index in [1.807, 2.05) is 54.1 Å². The highest BCUT2D eigenvalue weighted by Crippen LogP contribution is 2.22. The molecule has 0 unspecified atom stereocenters. The molecule has 0 radical (unpaired) electrons. The van der Waals surface area contributed by atoms with E-state index in [9.17, 15) is 14.0 Å². The largest absolute Gasteiger partial charge is 0.342 e. The van der Waals surface area contributed by atoms with E-state index in [0.717, 1.165) is 33.4 Å². The van der Waals surface area contributed by atoms with Gasteiger partial charge in [-0.3, -0.25) is 14.9 Å². The smallest absolute Gasteiger partial charge is 0.257 e. The van der Waals surface area contributed by atoms with Gasteiger partial charge in [0.15, 0.2) is 0 Å². The third-order valence-electron chi connectivity index (χ3n) is 5.82. The fourth-order valence-corrected chi connectivity index (χ4v) is 4.65. The van der Waals surface area contributed by atoms with E-state index in [4.69, 9.17) is 0 Å². The third-order valence-corrected chi connectivity index (χ3v) is 6.66. The number of aromatic nitrogens is 3. The van der Waals surface area contributed by atoms with Crippen molar-refractivity contribution >= 4 is 45.4 Å². The van der Waals surface area contributed by atoms with Crippen molar-refractivity contribution in [2.24, 2.45) is 5.10 Å². The van der Waals surface area contributed by atoms with Crippen molar-refractivity contribution < 1.29 is 14.0 Å². The Morgan fingerprint density at radius 3 is 2.61 bits per heavy atom. The zero-order chi connectivity index (χ0) is 26.5. The van der Waals surface area contributed by atoms with Gasteiger partial charge < -0.3 is 4.57 Å². The Labute approximate surface area is 221 Å². The average Bonchev–Trinajstić information content (AvgIpc) is 3.50. The predicted octanol–water partition coefficient (Wildman–Crippen LogP) is 4.93. The Morgan fingerprint density at radius 2 is 1.79 bits per heavy atom. The Morgan fingerprint density at radius 1 is 1.03 bits per heavy atom. The number of benzene rings is 3. The van der Waals surface area contributed by atoms with Crippen LogP contribution in [0.15, 0.2) is 84.1 Å². The van der Waals surface area contributed by atoms with Crippen molar-refractivity contribution in [2.75, 3.05) is 5.32 Å². The van der Waals surface area contributed by atoms with Gasteiger partial charge in [0.25, 0.3) is 5.91 Å². The summed E-state index contributed by atoms with van der Waals surface area (Å²) < 4.78 is 16.1. The molecular weight excluding hydrogens is 503 g/mol. The SMILES string of the molecule is Cc1ccc(C(=O)Nc2nnc(CC(=O)N/N=C\c3cn(Cc4ccccc4F)c4ccccc34)s2)cc1. The van der Waals surface area contributed by atoms with Gasteiger partial charge in [-0.15, -0.1) is 10.2 Å². The lowest BCUT2D eigenvalue weighted by molar-refractivity contribution is -0.120. The number of hydrazone groups is 1. The molecule has 2 N–H and O–H groups in total. The molecule has 0 saturated carbocycles.